The van der Waals surface area contributed by atoms with Gasteiger partial charge >= 0.3 is 5.97 Å². The van der Waals surface area contributed by atoms with Crippen molar-refractivity contribution in [1.82, 2.24) is 0 Å². The number of ether oxygens (including phenoxy) is 1. The van der Waals surface area contributed by atoms with Crippen LogP contribution in [0.15, 0.2) is 21.1 Å². The van der Waals surface area contributed by atoms with E-state index in [1.807, 2.05) is 12.1 Å². The second kappa shape index (κ2) is 6.77. The maximum absolute atomic E-state index is 11.4. The van der Waals surface area contributed by atoms with Crippen LogP contribution in [0.2, 0.25) is 0 Å². The van der Waals surface area contributed by atoms with Crippen LogP contribution < -0.4 is 0 Å². The molecule has 2 nitrogen and oxygen atoms in total. The second-order valence-electron chi connectivity index (χ2n) is 3.15. The SMILES string of the molecule is CCOC(=O)Cc1cc(Br)cc(CBr)c1Br. The van der Waals surface area contributed by atoms with E-state index in [-0.39, 0.29) is 12.4 Å². The van der Waals surface area contributed by atoms with Crippen LogP contribution in [0.1, 0.15) is 18.1 Å². The summed E-state index contributed by atoms with van der Waals surface area (Å²) in [5, 5.41) is 0.739. The standard InChI is InChI=1S/C11H11Br3O2/c1-2-16-10(15)5-7-3-9(13)4-8(6-12)11(7)14/h3-4H,2,5-6H2,1H3. The third-order valence-electron chi connectivity index (χ3n) is 1.97. The average Bonchev–Trinajstić information content (AvgIpc) is 2.23. The first kappa shape index (κ1) is 14.2. The zero-order valence-electron chi connectivity index (χ0n) is 8.73. The smallest absolute Gasteiger partial charge is 0.310 e. The fourth-order valence-electron chi connectivity index (χ4n) is 1.30. The van der Waals surface area contributed by atoms with Crippen LogP contribution in [-0.4, -0.2) is 12.6 Å². The minimum Gasteiger partial charge on any atom is -0.466 e. The molecule has 0 fully saturated rings. The van der Waals surface area contributed by atoms with Crippen LogP contribution >= 0.6 is 47.8 Å². The van der Waals surface area contributed by atoms with E-state index in [4.69, 9.17) is 4.74 Å². The second-order valence-corrected chi connectivity index (χ2v) is 5.42. The number of esters is 1. The highest BCUT2D eigenvalue weighted by Gasteiger charge is 2.11. The molecule has 88 valence electrons. The van der Waals surface area contributed by atoms with Crippen molar-refractivity contribution in [3.8, 4) is 0 Å². The van der Waals surface area contributed by atoms with E-state index in [0.29, 0.717) is 6.61 Å². The highest BCUT2D eigenvalue weighted by Crippen LogP contribution is 2.28. The van der Waals surface area contributed by atoms with E-state index in [1.165, 1.54) is 0 Å². The fourth-order valence-corrected chi connectivity index (χ4v) is 3.18. The molecule has 0 amide bonds. The van der Waals surface area contributed by atoms with Gasteiger partial charge in [0.15, 0.2) is 0 Å². The van der Waals surface area contributed by atoms with Crippen LogP contribution in [0.25, 0.3) is 0 Å². The number of rotatable bonds is 4. The summed E-state index contributed by atoms with van der Waals surface area (Å²) in [6.07, 6.45) is 0.286. The predicted octanol–water partition coefficient (Wildman–Crippen LogP) is 4.21. The monoisotopic (exact) mass is 412 g/mol. The molecule has 0 radical (unpaired) electrons. The Labute approximate surface area is 120 Å². The quantitative estimate of drug-likeness (QED) is 0.545. The Balaban J connectivity index is 2.95. The van der Waals surface area contributed by atoms with Gasteiger partial charge in [0.2, 0.25) is 0 Å². The Morgan fingerprint density at radius 3 is 2.50 bits per heavy atom. The summed E-state index contributed by atoms with van der Waals surface area (Å²) in [5.74, 6) is -0.207. The van der Waals surface area contributed by atoms with Crippen LogP contribution in [0, 0.1) is 0 Å². The van der Waals surface area contributed by atoms with Gasteiger partial charge in [0.1, 0.15) is 0 Å². The maximum Gasteiger partial charge on any atom is 0.310 e. The summed E-state index contributed by atoms with van der Waals surface area (Å²) in [5.41, 5.74) is 2.04. The normalized spacial score (nSPS) is 10.2. The van der Waals surface area contributed by atoms with Crippen molar-refractivity contribution in [3.63, 3.8) is 0 Å². The summed E-state index contributed by atoms with van der Waals surface area (Å²) in [6, 6.07) is 3.93. The van der Waals surface area contributed by atoms with Crippen molar-refractivity contribution >= 4 is 53.8 Å². The van der Waals surface area contributed by atoms with Crippen molar-refractivity contribution in [2.45, 2.75) is 18.7 Å². The van der Waals surface area contributed by atoms with E-state index in [9.17, 15) is 4.79 Å². The van der Waals surface area contributed by atoms with Gasteiger partial charge in [-0.25, -0.2) is 0 Å². The fraction of sp³-hybridized carbons (Fsp3) is 0.364. The number of benzene rings is 1. The molecule has 0 aromatic heterocycles. The summed E-state index contributed by atoms with van der Waals surface area (Å²) in [4.78, 5) is 11.4. The Bertz CT molecular complexity index is 391. The molecule has 0 spiro atoms. The molecule has 16 heavy (non-hydrogen) atoms. The summed E-state index contributed by atoms with van der Waals surface area (Å²) < 4.78 is 6.85. The minimum atomic E-state index is -0.207. The number of hydrogen-bond donors (Lipinski definition) is 0. The first-order valence-corrected chi connectivity index (χ1v) is 7.47. The van der Waals surface area contributed by atoms with E-state index in [1.54, 1.807) is 6.92 Å². The third kappa shape index (κ3) is 3.86. The molecule has 5 heteroatoms. The molecule has 0 aliphatic rings. The van der Waals surface area contributed by atoms with Crippen LogP contribution in [0.5, 0.6) is 0 Å². The number of alkyl halides is 1. The molecule has 1 rings (SSSR count). The third-order valence-corrected chi connectivity index (χ3v) is 4.05. The van der Waals surface area contributed by atoms with Gasteiger partial charge in [0.25, 0.3) is 0 Å². The Morgan fingerprint density at radius 2 is 1.94 bits per heavy atom. The predicted molar refractivity (Wildman–Crippen MR) is 74.8 cm³/mol. The lowest BCUT2D eigenvalue weighted by atomic mass is 10.1. The van der Waals surface area contributed by atoms with E-state index in [2.05, 4.69) is 47.8 Å². The molecule has 0 unspecified atom stereocenters. The Hall–Kier alpha value is 0.130. The Morgan fingerprint density at radius 1 is 1.31 bits per heavy atom. The first-order valence-electron chi connectivity index (χ1n) is 4.76. The van der Waals surface area contributed by atoms with Gasteiger partial charge in [-0.1, -0.05) is 47.8 Å². The van der Waals surface area contributed by atoms with Crippen molar-refractivity contribution in [3.05, 3.63) is 32.2 Å². The molecule has 0 atom stereocenters. The molecular weight excluding hydrogens is 404 g/mol. The molecule has 0 N–H and O–H groups in total. The highest BCUT2D eigenvalue weighted by molar-refractivity contribution is 9.11. The summed E-state index contributed by atoms with van der Waals surface area (Å²) in [6.45, 7) is 2.22. The van der Waals surface area contributed by atoms with Crippen molar-refractivity contribution in [2.75, 3.05) is 6.61 Å². The molecule has 1 aromatic rings. The number of carbonyl (C=O) groups excluding carboxylic acids is 1. The molecule has 0 aliphatic carbocycles. The average molecular weight is 415 g/mol. The van der Waals surface area contributed by atoms with Crippen LogP contribution in [0.3, 0.4) is 0 Å². The van der Waals surface area contributed by atoms with Gasteiger partial charge in [0, 0.05) is 14.3 Å². The van der Waals surface area contributed by atoms with E-state index >= 15 is 0 Å². The van der Waals surface area contributed by atoms with Gasteiger partial charge in [0.05, 0.1) is 13.0 Å². The molecular formula is C11H11Br3O2. The van der Waals surface area contributed by atoms with E-state index in [0.717, 1.165) is 25.4 Å². The summed E-state index contributed by atoms with van der Waals surface area (Å²) >= 11 is 10.3. The zero-order valence-corrected chi connectivity index (χ0v) is 13.5. The molecule has 1 aromatic carbocycles. The van der Waals surface area contributed by atoms with Crippen molar-refractivity contribution < 1.29 is 9.53 Å². The van der Waals surface area contributed by atoms with Crippen molar-refractivity contribution in [2.24, 2.45) is 0 Å². The lowest BCUT2D eigenvalue weighted by molar-refractivity contribution is -0.142. The number of halogens is 3. The molecule has 0 saturated heterocycles. The maximum atomic E-state index is 11.4. The van der Waals surface area contributed by atoms with Gasteiger partial charge in [-0.2, -0.15) is 0 Å². The Kier molecular flexibility index (Phi) is 6.00. The largest absolute Gasteiger partial charge is 0.466 e. The number of hydrogen-bond acceptors (Lipinski definition) is 2. The number of carbonyl (C=O) groups is 1. The van der Waals surface area contributed by atoms with Gasteiger partial charge < -0.3 is 4.74 Å². The van der Waals surface area contributed by atoms with E-state index < -0.39 is 0 Å². The first-order chi connectivity index (χ1) is 7.58. The van der Waals surface area contributed by atoms with Crippen LogP contribution in [-0.2, 0) is 21.3 Å². The topological polar surface area (TPSA) is 26.3 Å². The van der Waals surface area contributed by atoms with Crippen LogP contribution in [0.4, 0.5) is 0 Å². The molecule has 0 heterocycles. The lowest BCUT2D eigenvalue weighted by Gasteiger charge is -2.09. The van der Waals surface area contributed by atoms with Gasteiger partial charge in [-0.15, -0.1) is 0 Å². The zero-order chi connectivity index (χ0) is 12.1. The van der Waals surface area contributed by atoms with Gasteiger partial charge in [-0.05, 0) is 30.2 Å². The molecule has 0 bridgehead atoms. The summed E-state index contributed by atoms with van der Waals surface area (Å²) in [7, 11) is 0. The highest BCUT2D eigenvalue weighted by atomic mass is 79.9. The minimum absolute atomic E-state index is 0.207. The van der Waals surface area contributed by atoms with Gasteiger partial charge in [-0.3, -0.25) is 4.79 Å². The lowest BCUT2D eigenvalue weighted by Crippen LogP contribution is -2.08. The van der Waals surface area contributed by atoms with Crippen molar-refractivity contribution in [1.29, 1.82) is 0 Å². The molecule has 0 aliphatic heterocycles. The molecule has 0 saturated carbocycles.